The topological polar surface area (TPSA) is 71.1 Å². The first-order valence-electron chi connectivity index (χ1n) is 11.1. The van der Waals surface area contributed by atoms with Gasteiger partial charge in [0, 0.05) is 57.7 Å². The molecule has 7 heteroatoms. The molecule has 3 fully saturated rings. The molecule has 7 nitrogen and oxygen atoms in total. The van der Waals surface area contributed by atoms with E-state index in [0.717, 1.165) is 51.5 Å². The Bertz CT molecular complexity index is 726. The number of amides is 2. The summed E-state index contributed by atoms with van der Waals surface area (Å²) in [6, 6.07) is 8.47. The third kappa shape index (κ3) is 5.20. The lowest BCUT2D eigenvalue weighted by molar-refractivity contribution is -0.129. The first kappa shape index (κ1) is 21.3. The molecule has 0 saturated carbocycles. The maximum absolute atomic E-state index is 12.9. The molecule has 3 saturated heterocycles. The first-order chi connectivity index (χ1) is 14.6. The number of nitrogens with zero attached hydrogens (tertiary/aromatic N) is 2. The molecule has 0 aromatic heterocycles. The van der Waals surface area contributed by atoms with Gasteiger partial charge < -0.3 is 19.7 Å². The third-order valence-corrected chi connectivity index (χ3v) is 6.59. The number of rotatable bonds is 7. The summed E-state index contributed by atoms with van der Waals surface area (Å²) in [6.07, 6.45) is 1.33. The number of carbonyl (C=O) groups excluding carboxylic acids is 2. The van der Waals surface area contributed by atoms with Crippen LogP contribution in [0.15, 0.2) is 24.3 Å². The minimum Gasteiger partial charge on any atom is -0.381 e. The first-order valence-corrected chi connectivity index (χ1v) is 11.1. The van der Waals surface area contributed by atoms with Gasteiger partial charge in [-0.05, 0) is 18.9 Å². The Hall–Kier alpha value is -1.96. The zero-order valence-corrected chi connectivity index (χ0v) is 17.8. The summed E-state index contributed by atoms with van der Waals surface area (Å²) >= 11 is 0. The Morgan fingerprint density at radius 2 is 1.93 bits per heavy atom. The number of likely N-dealkylation sites (tertiary alicyclic amines) is 1. The lowest BCUT2D eigenvalue weighted by Crippen LogP contribution is -2.53. The van der Waals surface area contributed by atoms with Crippen molar-refractivity contribution in [2.24, 2.45) is 11.8 Å². The lowest BCUT2D eigenvalue weighted by atomic mass is 9.96. The van der Waals surface area contributed by atoms with Gasteiger partial charge in [-0.1, -0.05) is 29.8 Å². The van der Waals surface area contributed by atoms with E-state index in [1.165, 1.54) is 5.56 Å². The van der Waals surface area contributed by atoms with Gasteiger partial charge in [-0.15, -0.1) is 0 Å². The van der Waals surface area contributed by atoms with Crippen LogP contribution in [0.3, 0.4) is 0 Å². The molecular formula is C23H33N3O4. The van der Waals surface area contributed by atoms with Gasteiger partial charge in [-0.25, -0.2) is 0 Å². The molecule has 3 aliphatic heterocycles. The normalized spacial score (nSPS) is 26.2. The Kier molecular flexibility index (Phi) is 7.02. The minimum atomic E-state index is -0.270. The highest BCUT2D eigenvalue weighted by Gasteiger charge is 2.36. The number of hydrogen-bond donors (Lipinski definition) is 1. The number of ether oxygens (including phenoxy) is 2. The van der Waals surface area contributed by atoms with Crippen molar-refractivity contribution in [3.8, 4) is 0 Å². The van der Waals surface area contributed by atoms with Crippen molar-refractivity contribution in [3.63, 3.8) is 0 Å². The Labute approximate surface area is 178 Å². The Morgan fingerprint density at radius 1 is 1.17 bits per heavy atom. The Balaban J connectivity index is 1.31. The molecule has 0 bridgehead atoms. The Morgan fingerprint density at radius 3 is 2.63 bits per heavy atom. The molecule has 4 rings (SSSR count). The van der Waals surface area contributed by atoms with Crippen molar-refractivity contribution in [1.29, 1.82) is 0 Å². The highest BCUT2D eigenvalue weighted by Crippen LogP contribution is 2.23. The molecule has 0 spiro atoms. The molecule has 1 aromatic rings. The molecule has 30 heavy (non-hydrogen) atoms. The maximum atomic E-state index is 12.9. The van der Waals surface area contributed by atoms with Crippen molar-refractivity contribution in [1.82, 2.24) is 15.1 Å². The van der Waals surface area contributed by atoms with E-state index in [4.69, 9.17) is 9.47 Å². The van der Waals surface area contributed by atoms with Crippen molar-refractivity contribution in [2.45, 2.75) is 32.4 Å². The fraction of sp³-hybridized carbons (Fsp3) is 0.652. The van der Waals surface area contributed by atoms with Crippen LogP contribution < -0.4 is 5.32 Å². The summed E-state index contributed by atoms with van der Waals surface area (Å²) in [5.41, 5.74) is 2.30. The molecule has 3 heterocycles. The fourth-order valence-corrected chi connectivity index (χ4v) is 4.72. The lowest BCUT2D eigenvalue weighted by Gasteiger charge is -2.37. The van der Waals surface area contributed by atoms with Gasteiger partial charge in [0.05, 0.1) is 25.7 Å². The van der Waals surface area contributed by atoms with Gasteiger partial charge in [-0.2, -0.15) is 0 Å². The summed E-state index contributed by atoms with van der Waals surface area (Å²) in [5.74, 6) is 0.219. The van der Waals surface area contributed by atoms with E-state index in [9.17, 15) is 9.59 Å². The zero-order valence-electron chi connectivity index (χ0n) is 17.8. The number of nitrogens with one attached hydrogen (secondary N) is 1. The predicted octanol–water partition coefficient (Wildman–Crippen LogP) is 1.20. The summed E-state index contributed by atoms with van der Waals surface area (Å²) in [6.45, 7) is 8.53. The number of hydrogen-bond acceptors (Lipinski definition) is 5. The molecule has 1 aromatic carbocycles. The van der Waals surface area contributed by atoms with Gasteiger partial charge >= 0.3 is 0 Å². The van der Waals surface area contributed by atoms with Gasteiger partial charge in [0.25, 0.3) is 0 Å². The van der Waals surface area contributed by atoms with Crippen molar-refractivity contribution < 1.29 is 19.1 Å². The van der Waals surface area contributed by atoms with Crippen molar-refractivity contribution >= 4 is 11.8 Å². The van der Waals surface area contributed by atoms with Gasteiger partial charge in [0.2, 0.25) is 11.8 Å². The average molecular weight is 416 g/mol. The SMILES string of the molecule is Cc1ccc(CN2CC(C(=O)NCC(C3CCOC3)N3CCOCC3)CC2=O)cc1. The molecule has 2 amide bonds. The summed E-state index contributed by atoms with van der Waals surface area (Å²) < 4.78 is 11.1. The second-order valence-electron chi connectivity index (χ2n) is 8.75. The number of morpholine rings is 1. The van der Waals surface area contributed by atoms with Crippen LogP contribution >= 0.6 is 0 Å². The van der Waals surface area contributed by atoms with Crippen LogP contribution in [0.2, 0.25) is 0 Å². The standard InChI is InChI=1S/C23H33N3O4/c1-17-2-4-18(5-3-17)14-26-15-20(12-22(26)27)23(28)24-13-21(19-6-9-30-16-19)25-7-10-29-11-8-25/h2-5,19-21H,6-16H2,1H3,(H,24,28). The molecule has 1 N–H and O–H groups in total. The van der Waals surface area contributed by atoms with Crippen LogP contribution in [0.1, 0.15) is 24.0 Å². The summed E-state index contributed by atoms with van der Waals surface area (Å²) in [4.78, 5) is 29.6. The largest absolute Gasteiger partial charge is 0.381 e. The number of benzene rings is 1. The molecule has 0 aliphatic carbocycles. The maximum Gasteiger partial charge on any atom is 0.225 e. The van der Waals surface area contributed by atoms with Gasteiger partial charge in [0.15, 0.2) is 0 Å². The van der Waals surface area contributed by atoms with E-state index >= 15 is 0 Å². The van der Waals surface area contributed by atoms with Crippen LogP contribution in [0.4, 0.5) is 0 Å². The number of carbonyl (C=O) groups is 2. The molecular weight excluding hydrogens is 382 g/mol. The predicted molar refractivity (Wildman–Crippen MR) is 113 cm³/mol. The van der Waals surface area contributed by atoms with Crippen LogP contribution in [-0.2, 0) is 25.6 Å². The van der Waals surface area contributed by atoms with E-state index in [1.807, 2.05) is 19.1 Å². The second-order valence-corrected chi connectivity index (χ2v) is 8.75. The molecule has 3 aliphatic rings. The highest BCUT2D eigenvalue weighted by atomic mass is 16.5. The second kappa shape index (κ2) is 9.90. The van der Waals surface area contributed by atoms with Crippen LogP contribution in [0.25, 0.3) is 0 Å². The van der Waals surface area contributed by atoms with Crippen LogP contribution in [-0.4, -0.2) is 80.3 Å². The van der Waals surface area contributed by atoms with Crippen LogP contribution in [0.5, 0.6) is 0 Å². The minimum absolute atomic E-state index is 0.00747. The van der Waals surface area contributed by atoms with E-state index in [-0.39, 0.29) is 23.8 Å². The zero-order chi connectivity index (χ0) is 20.9. The smallest absolute Gasteiger partial charge is 0.225 e. The quantitative estimate of drug-likeness (QED) is 0.725. The van der Waals surface area contributed by atoms with Gasteiger partial charge in [0.1, 0.15) is 0 Å². The molecule has 3 unspecified atom stereocenters. The number of aryl methyl sites for hydroxylation is 1. The van der Waals surface area contributed by atoms with E-state index in [2.05, 4.69) is 22.3 Å². The third-order valence-electron chi connectivity index (χ3n) is 6.59. The van der Waals surface area contributed by atoms with E-state index < -0.39 is 0 Å². The summed E-state index contributed by atoms with van der Waals surface area (Å²) in [7, 11) is 0. The van der Waals surface area contributed by atoms with E-state index in [1.54, 1.807) is 4.90 Å². The van der Waals surface area contributed by atoms with E-state index in [0.29, 0.717) is 32.0 Å². The van der Waals surface area contributed by atoms with Crippen molar-refractivity contribution in [2.75, 3.05) is 52.6 Å². The highest BCUT2D eigenvalue weighted by molar-refractivity contribution is 5.89. The van der Waals surface area contributed by atoms with Crippen molar-refractivity contribution in [3.05, 3.63) is 35.4 Å². The fourth-order valence-electron chi connectivity index (χ4n) is 4.72. The molecule has 3 atom stereocenters. The molecule has 164 valence electrons. The summed E-state index contributed by atoms with van der Waals surface area (Å²) in [5, 5.41) is 3.16. The van der Waals surface area contributed by atoms with Gasteiger partial charge in [-0.3, -0.25) is 14.5 Å². The monoisotopic (exact) mass is 415 g/mol. The van der Waals surface area contributed by atoms with Crippen LogP contribution in [0, 0.1) is 18.8 Å². The average Bonchev–Trinajstić information content (AvgIpc) is 3.41. The molecule has 0 radical (unpaired) electrons.